The van der Waals surface area contributed by atoms with E-state index in [9.17, 15) is 4.79 Å². The summed E-state index contributed by atoms with van der Waals surface area (Å²) in [5.41, 5.74) is 2.15. The first-order valence-electron chi connectivity index (χ1n) is 6.29. The fraction of sp³-hybridized carbons (Fsp3) is 0. The van der Waals surface area contributed by atoms with Crippen LogP contribution in [0.25, 0.3) is 22.5 Å². The minimum Gasteiger partial charge on any atom is -0.422 e. The van der Waals surface area contributed by atoms with Crippen LogP contribution in [0.1, 0.15) is 0 Å². The van der Waals surface area contributed by atoms with E-state index in [4.69, 9.17) is 27.6 Å². The van der Waals surface area contributed by atoms with Crippen molar-refractivity contribution < 1.29 is 4.42 Å². The Hall–Kier alpha value is -2.03. The van der Waals surface area contributed by atoms with Crippen LogP contribution < -0.4 is 5.63 Å². The van der Waals surface area contributed by atoms with Crippen molar-refractivity contribution in [1.82, 2.24) is 0 Å². The van der Waals surface area contributed by atoms with Gasteiger partial charge in [0.25, 0.3) is 0 Å². The predicted octanol–water partition coefficient (Wildman–Crippen LogP) is 5.28. The molecule has 0 aliphatic carbocycles. The van der Waals surface area contributed by atoms with Crippen LogP contribution in [0, 0.1) is 0 Å². The van der Waals surface area contributed by atoms with Gasteiger partial charge in [-0.2, -0.15) is 0 Å². The number of halogens is 2. The van der Waals surface area contributed by atoms with Crippen molar-refractivity contribution in [1.29, 1.82) is 0 Å². The predicted molar refractivity (Wildman–Crippen MR) is 85.9 cm³/mol. The Morgan fingerprint density at radius 2 is 1.19 bits per heavy atom. The molecule has 0 radical (unpaired) electrons. The van der Waals surface area contributed by atoms with Crippen LogP contribution in [-0.4, -0.2) is 0 Å². The van der Waals surface area contributed by atoms with Gasteiger partial charge in [-0.1, -0.05) is 35.3 Å². The van der Waals surface area contributed by atoms with Gasteiger partial charge < -0.3 is 4.42 Å². The Bertz CT molecular complexity index is 819. The largest absolute Gasteiger partial charge is 0.422 e. The third-order valence-electron chi connectivity index (χ3n) is 3.09. The Morgan fingerprint density at radius 1 is 0.667 bits per heavy atom. The summed E-state index contributed by atoms with van der Waals surface area (Å²) in [7, 11) is 0. The maximum atomic E-state index is 11.6. The summed E-state index contributed by atoms with van der Waals surface area (Å²) >= 11 is 11.8. The van der Waals surface area contributed by atoms with Gasteiger partial charge in [0.15, 0.2) is 0 Å². The van der Waals surface area contributed by atoms with Crippen molar-refractivity contribution in [3.63, 3.8) is 0 Å². The van der Waals surface area contributed by atoms with Crippen molar-refractivity contribution in [2.45, 2.75) is 0 Å². The molecule has 0 atom stereocenters. The van der Waals surface area contributed by atoms with E-state index in [2.05, 4.69) is 0 Å². The highest BCUT2D eigenvalue weighted by Crippen LogP contribution is 2.32. The lowest BCUT2D eigenvalue weighted by Gasteiger charge is -2.08. The lowest BCUT2D eigenvalue weighted by Crippen LogP contribution is -1.98. The van der Waals surface area contributed by atoms with Gasteiger partial charge in [-0.3, -0.25) is 0 Å². The highest BCUT2D eigenvalue weighted by molar-refractivity contribution is 6.31. The van der Waals surface area contributed by atoms with Crippen molar-refractivity contribution in [3.05, 3.63) is 81.1 Å². The molecule has 4 heteroatoms. The van der Waals surface area contributed by atoms with Crippen LogP contribution in [0.5, 0.6) is 0 Å². The van der Waals surface area contributed by atoms with Crippen molar-refractivity contribution >= 4 is 23.2 Å². The zero-order valence-corrected chi connectivity index (χ0v) is 12.4. The highest BCUT2D eigenvalue weighted by atomic mass is 35.5. The molecule has 0 aliphatic rings. The average molecular weight is 317 g/mol. The summed E-state index contributed by atoms with van der Waals surface area (Å²) in [6.07, 6.45) is 0. The van der Waals surface area contributed by atoms with E-state index in [-0.39, 0.29) is 0 Å². The summed E-state index contributed by atoms with van der Waals surface area (Å²) in [6.45, 7) is 0. The molecule has 0 N–H and O–H groups in total. The molecule has 104 valence electrons. The smallest absolute Gasteiger partial charge is 0.336 e. The second-order valence-corrected chi connectivity index (χ2v) is 5.38. The minimum atomic E-state index is -0.391. The maximum absolute atomic E-state index is 11.6. The molecule has 0 bridgehead atoms. The van der Waals surface area contributed by atoms with Gasteiger partial charge in [-0.15, -0.1) is 0 Å². The van der Waals surface area contributed by atoms with Gasteiger partial charge in [0.05, 0.1) is 0 Å². The Labute approximate surface area is 131 Å². The van der Waals surface area contributed by atoms with Crippen LogP contribution in [-0.2, 0) is 0 Å². The van der Waals surface area contributed by atoms with Crippen molar-refractivity contribution in [3.8, 4) is 22.5 Å². The maximum Gasteiger partial charge on any atom is 0.336 e. The molecule has 3 rings (SSSR count). The topological polar surface area (TPSA) is 30.2 Å². The number of hydrogen-bond donors (Lipinski definition) is 0. The normalized spacial score (nSPS) is 10.6. The lowest BCUT2D eigenvalue weighted by molar-refractivity contribution is 0.527. The third-order valence-corrected chi connectivity index (χ3v) is 3.60. The van der Waals surface area contributed by atoms with Crippen LogP contribution >= 0.6 is 23.2 Å². The second kappa shape index (κ2) is 5.76. The van der Waals surface area contributed by atoms with Gasteiger partial charge in [0.1, 0.15) is 5.76 Å². The fourth-order valence-electron chi connectivity index (χ4n) is 2.09. The molecule has 2 nitrogen and oxygen atoms in total. The summed E-state index contributed by atoms with van der Waals surface area (Å²) in [5, 5.41) is 1.29. The number of rotatable bonds is 2. The monoisotopic (exact) mass is 316 g/mol. The SMILES string of the molecule is O=c1ccc(-c2ccc(Cl)cc2)c(-c2ccc(Cl)cc2)o1. The molecular weight excluding hydrogens is 307 g/mol. The van der Waals surface area contributed by atoms with E-state index in [1.807, 2.05) is 24.3 Å². The van der Waals surface area contributed by atoms with Gasteiger partial charge in [-0.25, -0.2) is 4.79 Å². The zero-order chi connectivity index (χ0) is 14.8. The molecule has 21 heavy (non-hydrogen) atoms. The Balaban J connectivity index is 2.19. The molecule has 0 saturated carbocycles. The quantitative estimate of drug-likeness (QED) is 0.643. The zero-order valence-electron chi connectivity index (χ0n) is 10.8. The highest BCUT2D eigenvalue weighted by Gasteiger charge is 2.11. The van der Waals surface area contributed by atoms with Crippen molar-refractivity contribution in [2.75, 3.05) is 0 Å². The van der Waals surface area contributed by atoms with Crippen LogP contribution in [0.3, 0.4) is 0 Å². The molecule has 0 saturated heterocycles. The summed E-state index contributed by atoms with van der Waals surface area (Å²) < 4.78 is 5.39. The van der Waals surface area contributed by atoms with E-state index >= 15 is 0 Å². The minimum absolute atomic E-state index is 0.391. The van der Waals surface area contributed by atoms with E-state index in [1.165, 1.54) is 6.07 Å². The first-order valence-corrected chi connectivity index (χ1v) is 7.05. The fourth-order valence-corrected chi connectivity index (χ4v) is 2.34. The summed E-state index contributed by atoms with van der Waals surface area (Å²) in [6, 6.07) is 17.7. The Kier molecular flexibility index (Phi) is 3.82. The first kappa shape index (κ1) is 13.9. The van der Waals surface area contributed by atoms with E-state index in [1.54, 1.807) is 30.3 Å². The third kappa shape index (κ3) is 3.02. The van der Waals surface area contributed by atoms with Crippen LogP contribution in [0.15, 0.2) is 69.9 Å². The molecule has 1 aromatic heterocycles. The van der Waals surface area contributed by atoms with E-state index in [0.717, 1.165) is 16.7 Å². The van der Waals surface area contributed by atoms with Crippen LogP contribution in [0.4, 0.5) is 0 Å². The van der Waals surface area contributed by atoms with E-state index < -0.39 is 5.63 Å². The Morgan fingerprint density at radius 3 is 1.76 bits per heavy atom. The standard InChI is InChI=1S/C17H10Cl2O2/c18-13-5-1-11(2-6-13)15-9-10-16(20)21-17(15)12-3-7-14(19)8-4-12/h1-10H. The molecule has 0 spiro atoms. The van der Waals surface area contributed by atoms with Gasteiger partial charge in [0, 0.05) is 27.2 Å². The first-order chi connectivity index (χ1) is 10.1. The molecule has 0 unspecified atom stereocenters. The second-order valence-electron chi connectivity index (χ2n) is 4.51. The summed E-state index contributed by atoms with van der Waals surface area (Å²) in [4.78, 5) is 11.6. The molecule has 0 fully saturated rings. The van der Waals surface area contributed by atoms with E-state index in [0.29, 0.717) is 15.8 Å². The molecule has 3 aromatic rings. The molecule has 0 amide bonds. The molecule has 0 aliphatic heterocycles. The molecule has 1 heterocycles. The lowest BCUT2D eigenvalue weighted by atomic mass is 10.0. The van der Waals surface area contributed by atoms with Gasteiger partial charge in [0.2, 0.25) is 0 Å². The average Bonchev–Trinajstić information content (AvgIpc) is 2.49. The number of hydrogen-bond acceptors (Lipinski definition) is 2. The van der Waals surface area contributed by atoms with Crippen LogP contribution in [0.2, 0.25) is 10.0 Å². The van der Waals surface area contributed by atoms with Gasteiger partial charge >= 0.3 is 5.63 Å². The molecular formula is C17H10Cl2O2. The van der Waals surface area contributed by atoms with Crippen molar-refractivity contribution in [2.24, 2.45) is 0 Å². The number of benzene rings is 2. The summed E-state index contributed by atoms with van der Waals surface area (Å²) in [5.74, 6) is 0.515. The van der Waals surface area contributed by atoms with Gasteiger partial charge in [-0.05, 0) is 48.0 Å². The molecule has 2 aromatic carbocycles.